The summed E-state index contributed by atoms with van der Waals surface area (Å²) in [6.45, 7) is 10.5. The van der Waals surface area contributed by atoms with Gasteiger partial charge >= 0.3 is 0 Å². The highest BCUT2D eigenvalue weighted by molar-refractivity contribution is 5.18. The molecular weight excluding hydrogens is 325 g/mol. The molecule has 0 amide bonds. The van der Waals surface area contributed by atoms with Crippen molar-refractivity contribution < 1.29 is 4.39 Å². The van der Waals surface area contributed by atoms with Crippen LogP contribution in [0.15, 0.2) is 48.8 Å². The van der Waals surface area contributed by atoms with E-state index in [0.717, 1.165) is 24.9 Å². The first-order valence-corrected chi connectivity index (χ1v) is 9.40. The summed E-state index contributed by atoms with van der Waals surface area (Å²) in [7, 11) is 0. The van der Waals surface area contributed by atoms with Crippen LogP contribution in [-0.2, 0) is 13.1 Å². The molecule has 1 N–H and O–H groups in total. The van der Waals surface area contributed by atoms with E-state index in [1.165, 1.54) is 5.56 Å². The third-order valence-electron chi connectivity index (χ3n) is 5.15. The second kappa shape index (κ2) is 7.45. The molecule has 1 fully saturated rings. The molecule has 26 heavy (non-hydrogen) atoms. The van der Waals surface area contributed by atoms with Crippen molar-refractivity contribution in [1.82, 2.24) is 15.2 Å². The van der Waals surface area contributed by atoms with E-state index in [1.807, 2.05) is 36.7 Å². The molecule has 2 heterocycles. The van der Waals surface area contributed by atoms with E-state index in [0.29, 0.717) is 12.6 Å². The summed E-state index contributed by atoms with van der Waals surface area (Å²) >= 11 is 0. The zero-order valence-corrected chi connectivity index (χ0v) is 16.3. The van der Waals surface area contributed by atoms with E-state index >= 15 is 0 Å². The van der Waals surface area contributed by atoms with Gasteiger partial charge in [-0.1, -0.05) is 18.2 Å². The number of aromatic nitrogens is 1. The molecule has 1 aliphatic rings. The minimum Gasteiger partial charge on any atom is -0.307 e. The molecule has 0 bridgehead atoms. The van der Waals surface area contributed by atoms with Gasteiger partial charge in [0.2, 0.25) is 0 Å². The van der Waals surface area contributed by atoms with Crippen molar-refractivity contribution in [3.63, 3.8) is 0 Å². The van der Waals surface area contributed by atoms with Gasteiger partial charge in [-0.15, -0.1) is 0 Å². The van der Waals surface area contributed by atoms with Gasteiger partial charge < -0.3 is 5.32 Å². The maximum Gasteiger partial charge on any atom is 0.127 e. The lowest BCUT2D eigenvalue weighted by Crippen LogP contribution is -2.62. The lowest BCUT2D eigenvalue weighted by molar-refractivity contribution is 0.0557. The Hall–Kier alpha value is -1.78. The Balaban J connectivity index is 1.88. The number of hydrogen-bond donors (Lipinski definition) is 1. The number of halogens is 1. The van der Waals surface area contributed by atoms with Crippen molar-refractivity contribution in [3.05, 3.63) is 65.7 Å². The van der Waals surface area contributed by atoms with Gasteiger partial charge in [0, 0.05) is 48.2 Å². The average Bonchev–Trinajstić information content (AvgIpc) is 2.54. The molecule has 0 spiro atoms. The first-order valence-electron chi connectivity index (χ1n) is 9.40. The molecule has 140 valence electrons. The summed E-state index contributed by atoms with van der Waals surface area (Å²) in [5.41, 5.74) is 2.08. The summed E-state index contributed by atoms with van der Waals surface area (Å²) in [5, 5.41) is 3.75. The highest BCUT2D eigenvalue weighted by Gasteiger charge is 2.40. The second-order valence-corrected chi connectivity index (χ2v) is 8.81. The number of benzene rings is 1. The summed E-state index contributed by atoms with van der Waals surface area (Å²) in [6.07, 6.45) is 5.73. The number of nitrogens with one attached hydrogen (secondary N) is 1. The van der Waals surface area contributed by atoms with E-state index in [2.05, 4.69) is 42.9 Å². The number of hydrogen-bond acceptors (Lipinski definition) is 3. The van der Waals surface area contributed by atoms with Gasteiger partial charge in [0.25, 0.3) is 0 Å². The minimum absolute atomic E-state index is 0.0537. The molecule has 0 aliphatic carbocycles. The van der Waals surface area contributed by atoms with Gasteiger partial charge in [0.15, 0.2) is 0 Å². The van der Waals surface area contributed by atoms with E-state index in [1.54, 1.807) is 12.1 Å². The number of pyridine rings is 1. The summed E-state index contributed by atoms with van der Waals surface area (Å²) in [6, 6.07) is 11.6. The van der Waals surface area contributed by atoms with Crippen molar-refractivity contribution in [1.29, 1.82) is 0 Å². The van der Waals surface area contributed by atoms with Crippen LogP contribution in [0.2, 0.25) is 0 Å². The Morgan fingerprint density at radius 1 is 1.00 bits per heavy atom. The molecule has 4 heteroatoms. The van der Waals surface area contributed by atoms with E-state index in [9.17, 15) is 4.39 Å². The summed E-state index contributed by atoms with van der Waals surface area (Å²) in [4.78, 5) is 6.55. The van der Waals surface area contributed by atoms with Crippen molar-refractivity contribution in [2.24, 2.45) is 0 Å². The zero-order valence-electron chi connectivity index (χ0n) is 16.3. The molecule has 1 aromatic carbocycles. The average molecular weight is 356 g/mol. The van der Waals surface area contributed by atoms with Gasteiger partial charge in [-0.3, -0.25) is 9.88 Å². The SMILES string of the molecule is CC1(C)CC(N(Cc2ccncc2)Cc2ccccc2F)CC(C)(C)N1. The fourth-order valence-corrected chi connectivity index (χ4v) is 4.41. The van der Waals surface area contributed by atoms with Crippen molar-refractivity contribution >= 4 is 0 Å². The number of piperidine rings is 1. The van der Waals surface area contributed by atoms with Crippen molar-refractivity contribution in [2.45, 2.75) is 70.7 Å². The molecule has 0 saturated carbocycles. The topological polar surface area (TPSA) is 28.2 Å². The Labute approximate surface area is 156 Å². The van der Waals surface area contributed by atoms with Crippen LogP contribution in [-0.4, -0.2) is 27.0 Å². The first-order chi connectivity index (χ1) is 12.2. The first kappa shape index (κ1) is 19.0. The minimum atomic E-state index is -0.125. The maximum absolute atomic E-state index is 14.3. The fraction of sp³-hybridized carbons (Fsp3) is 0.500. The zero-order chi connectivity index (χ0) is 18.8. The van der Waals surface area contributed by atoms with Crippen LogP contribution in [0.3, 0.4) is 0 Å². The molecule has 3 rings (SSSR count). The second-order valence-electron chi connectivity index (χ2n) is 8.81. The van der Waals surface area contributed by atoms with Gasteiger partial charge in [0.1, 0.15) is 5.82 Å². The van der Waals surface area contributed by atoms with Crippen LogP contribution >= 0.6 is 0 Å². The van der Waals surface area contributed by atoms with Crippen molar-refractivity contribution in [2.75, 3.05) is 0 Å². The third kappa shape index (κ3) is 4.89. The number of rotatable bonds is 5. The lowest BCUT2D eigenvalue weighted by Gasteiger charge is -2.49. The standard InChI is InChI=1S/C22H30FN3/c1-21(2)13-19(14-22(3,4)25-21)26(15-17-9-11-24-12-10-17)16-18-7-5-6-8-20(18)23/h5-12,19,25H,13-16H2,1-4H3. The van der Waals surface area contributed by atoms with Crippen molar-refractivity contribution in [3.8, 4) is 0 Å². The predicted molar refractivity (Wildman–Crippen MR) is 104 cm³/mol. The molecule has 0 unspecified atom stereocenters. The van der Waals surface area contributed by atoms with Crippen LogP contribution in [0, 0.1) is 5.82 Å². The van der Waals surface area contributed by atoms with E-state index < -0.39 is 0 Å². The monoisotopic (exact) mass is 355 g/mol. The molecule has 0 radical (unpaired) electrons. The third-order valence-corrected chi connectivity index (χ3v) is 5.15. The molecule has 2 aromatic rings. The van der Waals surface area contributed by atoms with Gasteiger partial charge in [-0.2, -0.15) is 0 Å². The smallest absolute Gasteiger partial charge is 0.127 e. The van der Waals surface area contributed by atoms with Crippen LogP contribution in [0.25, 0.3) is 0 Å². The van der Waals surface area contributed by atoms with E-state index in [-0.39, 0.29) is 16.9 Å². The van der Waals surface area contributed by atoms with Crippen LogP contribution in [0.4, 0.5) is 4.39 Å². The quantitative estimate of drug-likeness (QED) is 0.854. The Kier molecular flexibility index (Phi) is 5.44. The van der Waals surface area contributed by atoms with Crippen LogP contribution < -0.4 is 5.32 Å². The largest absolute Gasteiger partial charge is 0.307 e. The Morgan fingerprint density at radius 2 is 1.62 bits per heavy atom. The molecule has 1 saturated heterocycles. The molecule has 3 nitrogen and oxygen atoms in total. The fourth-order valence-electron chi connectivity index (χ4n) is 4.41. The Bertz CT molecular complexity index is 711. The van der Waals surface area contributed by atoms with Gasteiger partial charge in [-0.05, 0) is 64.3 Å². The molecule has 1 aliphatic heterocycles. The highest BCUT2D eigenvalue weighted by Crippen LogP contribution is 2.33. The maximum atomic E-state index is 14.3. The van der Waals surface area contributed by atoms with Crippen LogP contribution in [0.5, 0.6) is 0 Å². The van der Waals surface area contributed by atoms with Crippen LogP contribution in [0.1, 0.15) is 51.7 Å². The molecular formula is C22H30FN3. The summed E-state index contributed by atoms with van der Waals surface area (Å²) in [5.74, 6) is -0.125. The van der Waals surface area contributed by atoms with E-state index in [4.69, 9.17) is 0 Å². The van der Waals surface area contributed by atoms with Gasteiger partial charge in [-0.25, -0.2) is 4.39 Å². The number of nitrogens with zero attached hydrogens (tertiary/aromatic N) is 2. The molecule has 0 atom stereocenters. The Morgan fingerprint density at radius 3 is 2.23 bits per heavy atom. The van der Waals surface area contributed by atoms with Gasteiger partial charge in [0.05, 0.1) is 0 Å². The normalized spacial score (nSPS) is 19.6. The lowest BCUT2D eigenvalue weighted by atomic mass is 9.78. The highest BCUT2D eigenvalue weighted by atomic mass is 19.1. The predicted octanol–water partition coefficient (Wildman–Crippen LogP) is 4.53. The molecule has 1 aromatic heterocycles. The summed E-state index contributed by atoms with van der Waals surface area (Å²) < 4.78 is 14.3.